The first-order valence-corrected chi connectivity index (χ1v) is 8.36. The molecule has 136 valence electrons. The second-order valence-electron chi connectivity index (χ2n) is 5.82. The van der Waals surface area contributed by atoms with Gasteiger partial charge in [-0.25, -0.2) is 4.79 Å². The van der Waals surface area contributed by atoms with Crippen molar-refractivity contribution in [1.29, 1.82) is 0 Å². The highest BCUT2D eigenvalue weighted by atomic mass is 16.6. The van der Waals surface area contributed by atoms with Gasteiger partial charge in [0.05, 0.1) is 7.11 Å². The van der Waals surface area contributed by atoms with E-state index in [2.05, 4.69) is 44.2 Å². The summed E-state index contributed by atoms with van der Waals surface area (Å²) < 4.78 is 15.8. The molecule has 0 aliphatic rings. The molecule has 4 nitrogen and oxygen atoms in total. The van der Waals surface area contributed by atoms with Gasteiger partial charge in [-0.05, 0) is 51.8 Å². The fourth-order valence-corrected chi connectivity index (χ4v) is 2.04. The number of hydrogen-bond donors (Lipinski definition) is 0. The molecule has 25 heavy (non-hydrogen) atoms. The summed E-state index contributed by atoms with van der Waals surface area (Å²) in [5, 5.41) is 0. The third-order valence-corrected chi connectivity index (χ3v) is 3.77. The lowest BCUT2D eigenvalue weighted by Crippen LogP contribution is -2.08. The second-order valence-corrected chi connectivity index (χ2v) is 5.82. The molecule has 0 radical (unpaired) electrons. The molecule has 1 aromatic rings. The van der Waals surface area contributed by atoms with E-state index in [4.69, 9.17) is 9.47 Å². The summed E-state index contributed by atoms with van der Waals surface area (Å²) >= 11 is 0. The van der Waals surface area contributed by atoms with Crippen LogP contribution in [-0.2, 0) is 20.9 Å². The Kier molecular flexibility index (Phi) is 9.15. The summed E-state index contributed by atoms with van der Waals surface area (Å²) in [7, 11) is 1.29. The van der Waals surface area contributed by atoms with Crippen molar-refractivity contribution in [2.75, 3.05) is 13.7 Å². The van der Waals surface area contributed by atoms with Crippen LogP contribution in [0.5, 0.6) is 5.75 Å². The van der Waals surface area contributed by atoms with Crippen molar-refractivity contribution in [3.8, 4) is 5.75 Å². The molecule has 0 aromatic heterocycles. The Morgan fingerprint density at radius 2 is 1.92 bits per heavy atom. The maximum atomic E-state index is 11.3. The van der Waals surface area contributed by atoms with Gasteiger partial charge in [-0.3, -0.25) is 0 Å². The van der Waals surface area contributed by atoms with E-state index < -0.39 is 5.97 Å². The minimum Gasteiger partial charge on any atom is -0.489 e. The average Bonchev–Trinajstić information content (AvgIpc) is 2.64. The van der Waals surface area contributed by atoms with Gasteiger partial charge in [-0.15, -0.1) is 0 Å². The zero-order valence-electron chi connectivity index (χ0n) is 15.6. The summed E-state index contributed by atoms with van der Waals surface area (Å²) in [6, 6.07) is 7.59. The van der Waals surface area contributed by atoms with Crippen LogP contribution >= 0.6 is 0 Å². The van der Waals surface area contributed by atoms with E-state index in [-0.39, 0.29) is 12.4 Å². The molecule has 0 amide bonds. The average molecular weight is 344 g/mol. The Labute approximate surface area is 150 Å². The van der Waals surface area contributed by atoms with Gasteiger partial charge in [0, 0.05) is 5.56 Å². The number of hydrogen-bond acceptors (Lipinski definition) is 4. The second kappa shape index (κ2) is 11.1. The number of carbonyl (C=O) groups is 1. The molecule has 0 N–H and O–H groups in total. The van der Waals surface area contributed by atoms with Crippen LogP contribution in [0.2, 0.25) is 0 Å². The van der Waals surface area contributed by atoms with Crippen LogP contribution in [0.25, 0.3) is 0 Å². The number of carbonyl (C=O) groups excluding carboxylic acids is 1. The van der Waals surface area contributed by atoms with Crippen molar-refractivity contribution in [1.82, 2.24) is 0 Å². The molecule has 4 heteroatoms. The normalized spacial score (nSPS) is 11.8. The van der Waals surface area contributed by atoms with Crippen molar-refractivity contribution in [3.05, 3.63) is 65.5 Å². The van der Waals surface area contributed by atoms with E-state index in [9.17, 15) is 4.79 Å². The number of ether oxygens (including phenoxy) is 3. The van der Waals surface area contributed by atoms with Crippen molar-refractivity contribution in [2.24, 2.45) is 0 Å². The molecule has 0 fully saturated rings. The minimum atomic E-state index is -0.575. The first kappa shape index (κ1) is 20.6. The standard InChI is InChI=1S/C21H28O4/c1-6-16(2)10-9-11-17(3)14-25-20-13-8-7-12-19(20)15-24-18(4)21(22)23-5/h6-8,11-13H,4,9-10,14-15H2,1-3,5H3. The van der Waals surface area contributed by atoms with Gasteiger partial charge < -0.3 is 14.2 Å². The monoisotopic (exact) mass is 344 g/mol. The highest BCUT2D eigenvalue weighted by Crippen LogP contribution is 2.20. The fraction of sp³-hybridized carbons (Fsp3) is 0.381. The van der Waals surface area contributed by atoms with Crippen LogP contribution in [0, 0.1) is 0 Å². The highest BCUT2D eigenvalue weighted by molar-refractivity contribution is 5.85. The SMILES string of the molecule is C=C(OCc1ccccc1OCC(C)=CCCC(C)=CC)C(=O)OC. The molecule has 1 rings (SSSR count). The molecule has 1 aromatic carbocycles. The molecule has 0 atom stereocenters. The quantitative estimate of drug-likeness (QED) is 0.260. The Hall–Kier alpha value is -2.49. The van der Waals surface area contributed by atoms with E-state index in [1.54, 1.807) is 0 Å². The molecule has 0 unspecified atom stereocenters. The zero-order valence-corrected chi connectivity index (χ0v) is 15.6. The van der Waals surface area contributed by atoms with Crippen LogP contribution in [-0.4, -0.2) is 19.7 Å². The van der Waals surface area contributed by atoms with Gasteiger partial charge in [0.1, 0.15) is 19.0 Å². The molecule has 0 saturated heterocycles. The Bertz CT molecular complexity index is 641. The lowest BCUT2D eigenvalue weighted by atomic mass is 10.1. The minimum absolute atomic E-state index is 0.0206. The third-order valence-electron chi connectivity index (χ3n) is 3.77. The smallest absolute Gasteiger partial charge is 0.372 e. The summed E-state index contributed by atoms with van der Waals surface area (Å²) in [4.78, 5) is 11.3. The van der Waals surface area contributed by atoms with E-state index in [1.807, 2.05) is 24.3 Å². The summed E-state index contributed by atoms with van der Waals surface area (Å²) in [5.74, 6) is 0.138. The molecular formula is C21H28O4. The molecule has 0 saturated carbocycles. The van der Waals surface area contributed by atoms with Gasteiger partial charge >= 0.3 is 5.97 Å². The van der Waals surface area contributed by atoms with E-state index in [1.165, 1.54) is 18.3 Å². The number of rotatable bonds is 10. The van der Waals surface area contributed by atoms with Crippen molar-refractivity contribution in [2.45, 2.75) is 40.2 Å². The lowest BCUT2D eigenvalue weighted by molar-refractivity contribution is -0.140. The number of esters is 1. The molecule has 0 heterocycles. The Morgan fingerprint density at radius 1 is 1.20 bits per heavy atom. The van der Waals surface area contributed by atoms with Crippen LogP contribution in [0.3, 0.4) is 0 Å². The third kappa shape index (κ3) is 7.75. The van der Waals surface area contributed by atoms with Gasteiger partial charge in [-0.2, -0.15) is 0 Å². The fourth-order valence-electron chi connectivity index (χ4n) is 2.04. The largest absolute Gasteiger partial charge is 0.489 e. The molecule has 0 aliphatic heterocycles. The van der Waals surface area contributed by atoms with E-state index in [0.29, 0.717) is 6.61 Å². The summed E-state index contributed by atoms with van der Waals surface area (Å²) in [6.07, 6.45) is 6.41. The highest BCUT2D eigenvalue weighted by Gasteiger charge is 2.10. The number of benzene rings is 1. The van der Waals surface area contributed by atoms with Crippen molar-refractivity contribution < 1.29 is 19.0 Å². The number of para-hydroxylation sites is 1. The van der Waals surface area contributed by atoms with E-state index >= 15 is 0 Å². The van der Waals surface area contributed by atoms with Crippen LogP contribution in [0.4, 0.5) is 0 Å². The predicted molar refractivity (Wildman–Crippen MR) is 100 cm³/mol. The summed E-state index contributed by atoms with van der Waals surface area (Å²) in [6.45, 7) is 10.5. The van der Waals surface area contributed by atoms with Gasteiger partial charge in [-0.1, -0.05) is 35.9 Å². The molecular weight excluding hydrogens is 316 g/mol. The van der Waals surface area contributed by atoms with Crippen molar-refractivity contribution >= 4 is 5.97 Å². The van der Waals surface area contributed by atoms with Gasteiger partial charge in [0.2, 0.25) is 0 Å². The number of methoxy groups -OCH3 is 1. The first-order chi connectivity index (χ1) is 12.0. The van der Waals surface area contributed by atoms with Gasteiger partial charge in [0.15, 0.2) is 5.76 Å². The maximum Gasteiger partial charge on any atom is 0.372 e. The summed E-state index contributed by atoms with van der Waals surface area (Å²) in [5.41, 5.74) is 3.42. The van der Waals surface area contributed by atoms with Crippen LogP contribution in [0.15, 0.2) is 59.9 Å². The Balaban J connectivity index is 2.57. The molecule has 0 spiro atoms. The predicted octanol–water partition coefficient (Wildman–Crippen LogP) is 4.96. The van der Waals surface area contributed by atoms with Gasteiger partial charge in [0.25, 0.3) is 0 Å². The lowest BCUT2D eigenvalue weighted by Gasteiger charge is -2.13. The van der Waals surface area contributed by atoms with Crippen molar-refractivity contribution in [3.63, 3.8) is 0 Å². The number of allylic oxidation sites excluding steroid dienone is 3. The van der Waals surface area contributed by atoms with Crippen LogP contribution < -0.4 is 4.74 Å². The molecule has 0 aliphatic carbocycles. The van der Waals surface area contributed by atoms with Crippen LogP contribution in [0.1, 0.15) is 39.2 Å². The zero-order chi connectivity index (χ0) is 18.7. The first-order valence-electron chi connectivity index (χ1n) is 8.36. The topological polar surface area (TPSA) is 44.8 Å². The maximum absolute atomic E-state index is 11.3. The molecule has 0 bridgehead atoms. The van der Waals surface area contributed by atoms with E-state index in [0.717, 1.165) is 24.2 Å². The Morgan fingerprint density at radius 3 is 2.60 bits per heavy atom.